The summed E-state index contributed by atoms with van der Waals surface area (Å²) in [5, 5.41) is 9.02. The Bertz CT molecular complexity index is 355. The second-order valence-corrected chi connectivity index (χ2v) is 4.14. The second-order valence-electron chi connectivity index (χ2n) is 4.14. The lowest BCUT2D eigenvalue weighted by Gasteiger charge is -2.26. The number of rotatable bonds is 4. The van der Waals surface area contributed by atoms with Crippen LogP contribution in [-0.4, -0.2) is 24.8 Å². The summed E-state index contributed by atoms with van der Waals surface area (Å²) in [5.74, 6) is -0.308. The summed E-state index contributed by atoms with van der Waals surface area (Å²) in [6.07, 6.45) is 0. The van der Waals surface area contributed by atoms with Gasteiger partial charge in [-0.3, -0.25) is 0 Å². The lowest BCUT2D eigenvalue weighted by Crippen LogP contribution is -2.32. The maximum absolute atomic E-state index is 13.8. The van der Waals surface area contributed by atoms with Gasteiger partial charge < -0.3 is 15.7 Å². The van der Waals surface area contributed by atoms with Crippen LogP contribution in [0.5, 0.6) is 0 Å². The highest BCUT2D eigenvalue weighted by molar-refractivity contribution is 5.49. The first-order chi connectivity index (χ1) is 7.47. The average molecular weight is 226 g/mol. The van der Waals surface area contributed by atoms with Crippen molar-refractivity contribution in [3.63, 3.8) is 0 Å². The van der Waals surface area contributed by atoms with Gasteiger partial charge in [0, 0.05) is 19.1 Å². The number of anilines is 1. The lowest BCUT2D eigenvalue weighted by molar-refractivity contribution is 0.269. The zero-order valence-electron chi connectivity index (χ0n) is 9.94. The highest BCUT2D eigenvalue weighted by Gasteiger charge is 2.14. The Morgan fingerprint density at radius 3 is 2.50 bits per heavy atom. The molecule has 0 aromatic heterocycles. The summed E-state index contributed by atoms with van der Waals surface area (Å²) in [5.41, 5.74) is 6.92. The Morgan fingerprint density at radius 1 is 1.44 bits per heavy atom. The van der Waals surface area contributed by atoms with E-state index in [1.165, 1.54) is 6.07 Å². The minimum absolute atomic E-state index is 0.00895. The van der Waals surface area contributed by atoms with Crippen LogP contribution in [0.25, 0.3) is 0 Å². The maximum Gasteiger partial charge on any atom is 0.146 e. The summed E-state index contributed by atoms with van der Waals surface area (Å²) in [4.78, 5) is 1.71. The number of likely N-dealkylation sites (N-methyl/N-ethyl adjacent to an activating group) is 1. The average Bonchev–Trinajstić information content (AvgIpc) is 2.26. The molecule has 0 aliphatic heterocycles. The molecule has 1 aromatic carbocycles. The van der Waals surface area contributed by atoms with Crippen LogP contribution in [0.15, 0.2) is 18.2 Å². The van der Waals surface area contributed by atoms with Gasteiger partial charge in [0.05, 0.1) is 12.3 Å². The summed E-state index contributed by atoms with van der Waals surface area (Å²) < 4.78 is 13.8. The molecule has 0 saturated heterocycles. The summed E-state index contributed by atoms with van der Waals surface area (Å²) in [7, 11) is 1.75. The number of nitrogens with zero attached hydrogens (tertiary/aromatic N) is 1. The molecule has 0 heterocycles. The van der Waals surface area contributed by atoms with Crippen molar-refractivity contribution in [2.75, 3.05) is 18.6 Å². The molecule has 0 aliphatic carbocycles. The van der Waals surface area contributed by atoms with Gasteiger partial charge in [-0.2, -0.15) is 0 Å². The predicted octanol–water partition coefficient (Wildman–Crippen LogP) is 1.66. The van der Waals surface area contributed by atoms with Crippen LogP contribution in [-0.2, 0) is 0 Å². The Morgan fingerprint density at radius 2 is 2.06 bits per heavy atom. The second kappa shape index (κ2) is 5.27. The molecular formula is C12H19FN2O. The van der Waals surface area contributed by atoms with E-state index in [2.05, 4.69) is 0 Å². The van der Waals surface area contributed by atoms with Crippen molar-refractivity contribution in [2.24, 2.45) is 5.73 Å². The van der Waals surface area contributed by atoms with Gasteiger partial charge in [0.25, 0.3) is 0 Å². The van der Waals surface area contributed by atoms with Crippen LogP contribution in [0.3, 0.4) is 0 Å². The predicted molar refractivity (Wildman–Crippen MR) is 64.0 cm³/mol. The van der Waals surface area contributed by atoms with Crippen molar-refractivity contribution in [3.8, 4) is 0 Å². The Balaban J connectivity index is 2.99. The molecular weight excluding hydrogens is 207 g/mol. The molecule has 0 amide bonds. The smallest absolute Gasteiger partial charge is 0.146 e. The third-order valence-electron chi connectivity index (χ3n) is 2.80. The monoisotopic (exact) mass is 226 g/mol. The molecule has 3 N–H and O–H groups in total. The number of nitrogens with two attached hydrogens (primary N) is 1. The Labute approximate surface area is 95.7 Å². The third kappa shape index (κ3) is 2.71. The molecule has 90 valence electrons. The van der Waals surface area contributed by atoms with E-state index in [1.807, 2.05) is 19.9 Å². The molecule has 0 bridgehead atoms. The van der Waals surface area contributed by atoms with Crippen LogP contribution < -0.4 is 10.6 Å². The van der Waals surface area contributed by atoms with Crippen LogP contribution in [0.4, 0.5) is 10.1 Å². The van der Waals surface area contributed by atoms with Crippen molar-refractivity contribution in [2.45, 2.75) is 25.9 Å². The van der Waals surface area contributed by atoms with E-state index < -0.39 is 0 Å². The van der Waals surface area contributed by atoms with Crippen molar-refractivity contribution in [1.29, 1.82) is 0 Å². The van der Waals surface area contributed by atoms with Crippen molar-refractivity contribution >= 4 is 5.69 Å². The summed E-state index contributed by atoms with van der Waals surface area (Å²) in [6.45, 7) is 3.64. The van der Waals surface area contributed by atoms with Crippen LogP contribution in [0.2, 0.25) is 0 Å². The number of benzene rings is 1. The van der Waals surface area contributed by atoms with E-state index in [1.54, 1.807) is 18.0 Å². The molecule has 16 heavy (non-hydrogen) atoms. The third-order valence-corrected chi connectivity index (χ3v) is 2.80. The van der Waals surface area contributed by atoms with E-state index in [0.717, 1.165) is 5.56 Å². The van der Waals surface area contributed by atoms with Gasteiger partial charge in [0.1, 0.15) is 5.82 Å². The Hall–Kier alpha value is -1.13. The van der Waals surface area contributed by atoms with E-state index in [-0.39, 0.29) is 24.5 Å². The first-order valence-electron chi connectivity index (χ1n) is 5.36. The van der Waals surface area contributed by atoms with Crippen molar-refractivity contribution in [3.05, 3.63) is 29.6 Å². The normalized spacial score (nSPS) is 14.6. The molecule has 4 heteroatoms. The molecule has 1 aromatic rings. The van der Waals surface area contributed by atoms with Gasteiger partial charge in [-0.05, 0) is 31.5 Å². The standard InChI is InChI=1S/C12H19FN2O/c1-8(7-16)15(3)12-5-4-10(9(2)14)6-11(12)13/h4-6,8-9,16H,7,14H2,1-3H3/t8?,9-/m1/s1. The summed E-state index contributed by atoms with van der Waals surface area (Å²) >= 11 is 0. The van der Waals surface area contributed by atoms with E-state index in [4.69, 9.17) is 10.8 Å². The zero-order valence-corrected chi connectivity index (χ0v) is 9.94. The van der Waals surface area contributed by atoms with Gasteiger partial charge in [0.15, 0.2) is 0 Å². The van der Waals surface area contributed by atoms with Gasteiger partial charge in [-0.25, -0.2) is 4.39 Å². The number of aliphatic hydroxyl groups is 1. The summed E-state index contributed by atoms with van der Waals surface area (Å²) in [6, 6.07) is 4.66. The fourth-order valence-electron chi connectivity index (χ4n) is 1.45. The molecule has 0 aliphatic rings. The van der Waals surface area contributed by atoms with Crippen molar-refractivity contribution in [1.82, 2.24) is 0 Å². The van der Waals surface area contributed by atoms with E-state index >= 15 is 0 Å². The fourth-order valence-corrected chi connectivity index (χ4v) is 1.45. The van der Waals surface area contributed by atoms with E-state index in [0.29, 0.717) is 5.69 Å². The topological polar surface area (TPSA) is 49.5 Å². The van der Waals surface area contributed by atoms with Crippen LogP contribution in [0.1, 0.15) is 25.5 Å². The number of hydrogen-bond acceptors (Lipinski definition) is 3. The zero-order chi connectivity index (χ0) is 12.3. The van der Waals surface area contributed by atoms with E-state index in [9.17, 15) is 4.39 Å². The molecule has 1 rings (SSSR count). The highest BCUT2D eigenvalue weighted by Crippen LogP contribution is 2.23. The molecule has 0 saturated carbocycles. The molecule has 0 radical (unpaired) electrons. The number of halogens is 1. The SMILES string of the molecule is CC(CO)N(C)c1ccc([C@@H](C)N)cc1F. The van der Waals surface area contributed by atoms with Gasteiger partial charge in [-0.15, -0.1) is 0 Å². The van der Waals surface area contributed by atoms with Gasteiger partial charge >= 0.3 is 0 Å². The van der Waals surface area contributed by atoms with Crippen LogP contribution in [0, 0.1) is 5.82 Å². The minimum atomic E-state index is -0.308. The minimum Gasteiger partial charge on any atom is -0.394 e. The van der Waals surface area contributed by atoms with Gasteiger partial charge in [0.2, 0.25) is 0 Å². The first kappa shape index (κ1) is 12.9. The van der Waals surface area contributed by atoms with Gasteiger partial charge in [-0.1, -0.05) is 6.07 Å². The first-order valence-corrected chi connectivity index (χ1v) is 5.36. The number of aliphatic hydroxyl groups excluding tert-OH is 1. The lowest BCUT2D eigenvalue weighted by atomic mass is 10.1. The number of hydrogen-bond donors (Lipinski definition) is 2. The van der Waals surface area contributed by atoms with Crippen LogP contribution >= 0.6 is 0 Å². The highest BCUT2D eigenvalue weighted by atomic mass is 19.1. The molecule has 3 nitrogen and oxygen atoms in total. The fraction of sp³-hybridized carbons (Fsp3) is 0.500. The maximum atomic E-state index is 13.8. The van der Waals surface area contributed by atoms with Crippen molar-refractivity contribution < 1.29 is 9.50 Å². The molecule has 0 fully saturated rings. The molecule has 1 unspecified atom stereocenters. The Kier molecular flexibility index (Phi) is 4.26. The largest absolute Gasteiger partial charge is 0.394 e. The quantitative estimate of drug-likeness (QED) is 0.821. The molecule has 2 atom stereocenters. The molecule has 0 spiro atoms.